The Bertz CT molecular complexity index is 2840. The second-order valence-corrected chi connectivity index (χ2v) is 29.8. The standard InChI is InChI=1S/C71H124F3N13O14/c1-25-27-28-45(13)59(89)58-63(93)77-50(26-2)66(96)79(18)49(17)65(95)84(23)57(46(14)38-101-39-54(88)87-33-31-86(32-34-87)30-29-71(72,73)74)62(92)78-55(43(9)10)69(99)80(19)51(35-40(3)4)61(91)75-47(15)60(90)76-48(16)64(94)81(20)52(36-41(5)6)67(97)82(21)53(37-42(7)8)68(98)83(22)56(44(11)12)70(100)85(58)24/h25,27,40-53,55-59,89H,26,28-39H2,1-24H3,(H,75,91)(H,76,90)(H,77,93)(H,78,92)/b27-25+/t45-,46-,47+,48-,49-,50+,51+,52+,53+,55+,56+,57+,58+,59-/m1/s1. The summed E-state index contributed by atoms with van der Waals surface area (Å²) in [6.45, 7) is 28.1. The number of nitrogens with zero attached hydrogens (tertiary/aromatic N) is 9. The summed E-state index contributed by atoms with van der Waals surface area (Å²) < 4.78 is 44.9. The molecule has 0 radical (unpaired) electrons. The Balaban J connectivity index is 3.00. The normalized spacial score (nSPS) is 26.8. The third-order valence-electron chi connectivity index (χ3n) is 19.4. The lowest BCUT2D eigenvalue weighted by atomic mass is 9.91. The molecule has 0 spiro atoms. The van der Waals surface area contributed by atoms with Crippen LogP contribution in [0.4, 0.5) is 13.2 Å². The van der Waals surface area contributed by atoms with E-state index in [4.69, 9.17) is 4.74 Å². The number of aliphatic hydroxyl groups is 1. The molecule has 0 aromatic rings. The number of alkyl halides is 3. The molecule has 2 fully saturated rings. The van der Waals surface area contributed by atoms with E-state index in [0.29, 0.717) is 0 Å². The predicted molar refractivity (Wildman–Crippen MR) is 377 cm³/mol. The van der Waals surface area contributed by atoms with E-state index in [1.807, 2.05) is 41.5 Å². The van der Waals surface area contributed by atoms with Crippen LogP contribution >= 0.6 is 0 Å². The summed E-state index contributed by atoms with van der Waals surface area (Å²) >= 11 is 0. The fourth-order valence-corrected chi connectivity index (χ4v) is 12.8. The van der Waals surface area contributed by atoms with E-state index in [2.05, 4.69) is 21.3 Å². The Hall–Kier alpha value is -6.95. The smallest absolute Gasteiger partial charge is 0.390 e. The second kappa shape index (κ2) is 40.8. The van der Waals surface area contributed by atoms with Crippen LogP contribution in [-0.4, -0.2) is 294 Å². The van der Waals surface area contributed by atoms with Gasteiger partial charge in [0.25, 0.3) is 0 Å². The van der Waals surface area contributed by atoms with Crippen molar-refractivity contribution < 1.29 is 80.5 Å². The van der Waals surface area contributed by atoms with E-state index < -0.39 is 186 Å². The average Bonchev–Trinajstić information content (AvgIpc) is 0.807. The lowest BCUT2D eigenvalue weighted by molar-refractivity contribution is -0.157. The number of ether oxygens (including phenoxy) is 1. The number of halogens is 3. The molecule has 30 heteroatoms. The van der Waals surface area contributed by atoms with Crippen LogP contribution in [0.2, 0.25) is 0 Å². The molecule has 0 saturated carbocycles. The molecule has 578 valence electrons. The van der Waals surface area contributed by atoms with Crippen LogP contribution in [0.25, 0.3) is 0 Å². The van der Waals surface area contributed by atoms with Gasteiger partial charge in [-0.05, 0) is 95.3 Å². The fourth-order valence-electron chi connectivity index (χ4n) is 12.8. The van der Waals surface area contributed by atoms with Crippen molar-refractivity contribution in [3.63, 3.8) is 0 Å². The first kappa shape index (κ1) is 90.1. The van der Waals surface area contributed by atoms with Crippen LogP contribution < -0.4 is 21.3 Å². The zero-order chi connectivity index (χ0) is 77.7. The highest BCUT2D eigenvalue weighted by atomic mass is 19.4. The fraction of sp³-hybridized carbons (Fsp3) is 0.803. The van der Waals surface area contributed by atoms with Gasteiger partial charge < -0.3 is 70.3 Å². The topological polar surface area (TPSA) is 312 Å². The number of nitrogens with one attached hydrogen (secondary N) is 4. The molecule has 0 bridgehead atoms. The summed E-state index contributed by atoms with van der Waals surface area (Å²) in [4.78, 5) is 188. The number of rotatable bonds is 20. The van der Waals surface area contributed by atoms with E-state index in [9.17, 15) is 47.0 Å². The Morgan fingerprint density at radius 1 is 0.535 bits per heavy atom. The number of carbonyl (C=O) groups is 12. The molecule has 0 aliphatic carbocycles. The van der Waals surface area contributed by atoms with Crippen LogP contribution in [0.5, 0.6) is 0 Å². The van der Waals surface area contributed by atoms with Gasteiger partial charge in [0.2, 0.25) is 70.9 Å². The number of likely N-dealkylation sites (N-methyl/N-ethyl adjacent to an activating group) is 7. The minimum atomic E-state index is -4.35. The Labute approximate surface area is 598 Å². The van der Waals surface area contributed by atoms with Crippen LogP contribution in [0, 0.1) is 41.4 Å². The molecule has 5 N–H and O–H groups in total. The molecule has 2 aliphatic rings. The van der Waals surface area contributed by atoms with Crippen molar-refractivity contribution in [2.24, 2.45) is 41.4 Å². The van der Waals surface area contributed by atoms with Crippen molar-refractivity contribution in [1.29, 1.82) is 0 Å². The maximum Gasteiger partial charge on any atom is 0.390 e. The molecule has 2 aliphatic heterocycles. The van der Waals surface area contributed by atoms with Gasteiger partial charge in [0.15, 0.2) is 0 Å². The first-order valence-corrected chi connectivity index (χ1v) is 35.7. The molecule has 101 heavy (non-hydrogen) atoms. The van der Waals surface area contributed by atoms with Gasteiger partial charge in [0, 0.05) is 88.0 Å². The Morgan fingerprint density at radius 3 is 1.49 bits per heavy atom. The number of hydrogen-bond acceptors (Lipinski definition) is 15. The molecule has 2 saturated heterocycles. The van der Waals surface area contributed by atoms with Crippen molar-refractivity contribution in [2.75, 3.05) is 95.3 Å². The number of amides is 12. The predicted octanol–water partition coefficient (Wildman–Crippen LogP) is 3.36. The van der Waals surface area contributed by atoms with Crippen LogP contribution in [-0.2, 0) is 62.3 Å². The average molecular weight is 1440 g/mol. The second-order valence-electron chi connectivity index (χ2n) is 29.8. The molecule has 0 aromatic carbocycles. The van der Waals surface area contributed by atoms with Crippen LogP contribution in [0.1, 0.15) is 156 Å². The van der Waals surface area contributed by atoms with E-state index in [0.717, 1.165) is 19.6 Å². The maximum atomic E-state index is 15.3. The van der Waals surface area contributed by atoms with Gasteiger partial charge in [-0.25, -0.2) is 0 Å². The quantitative estimate of drug-likeness (QED) is 0.109. The minimum Gasteiger partial charge on any atom is -0.390 e. The van der Waals surface area contributed by atoms with Gasteiger partial charge in [-0.2, -0.15) is 13.2 Å². The monoisotopic (exact) mass is 1440 g/mol. The summed E-state index contributed by atoms with van der Waals surface area (Å²) in [6, 6.07) is -14.9. The molecule has 14 atom stereocenters. The van der Waals surface area contributed by atoms with Gasteiger partial charge in [0.1, 0.15) is 73.1 Å². The summed E-state index contributed by atoms with van der Waals surface area (Å²) in [6.07, 6.45) is -2.92. The van der Waals surface area contributed by atoms with Crippen molar-refractivity contribution in [3.05, 3.63) is 12.2 Å². The summed E-state index contributed by atoms with van der Waals surface area (Å²) in [5.41, 5.74) is 0. The first-order chi connectivity index (χ1) is 46.7. The van der Waals surface area contributed by atoms with Gasteiger partial charge in [-0.3, -0.25) is 62.4 Å². The van der Waals surface area contributed by atoms with Gasteiger partial charge in [-0.1, -0.05) is 102 Å². The molecule has 0 aromatic heterocycles. The molecule has 0 unspecified atom stereocenters. The first-order valence-electron chi connectivity index (χ1n) is 35.7. The summed E-state index contributed by atoms with van der Waals surface area (Å²) in [7, 11) is 9.56. The zero-order valence-corrected chi connectivity index (χ0v) is 64.7. The van der Waals surface area contributed by atoms with E-state index in [-0.39, 0.29) is 89.2 Å². The molecular formula is C71H124F3N13O14. The highest BCUT2D eigenvalue weighted by Crippen LogP contribution is 2.27. The third-order valence-corrected chi connectivity index (χ3v) is 19.4. The van der Waals surface area contributed by atoms with Crippen molar-refractivity contribution in [2.45, 2.75) is 235 Å². The lowest BCUT2D eigenvalue weighted by Crippen LogP contribution is -2.64. The molecule has 2 heterocycles. The number of aliphatic hydroxyl groups excluding tert-OH is 1. The highest BCUT2D eigenvalue weighted by molar-refractivity contribution is 6.00. The Kier molecular flexibility index (Phi) is 36.4. The van der Waals surface area contributed by atoms with Crippen LogP contribution in [0.3, 0.4) is 0 Å². The molecule has 2 rings (SSSR count). The van der Waals surface area contributed by atoms with E-state index in [1.54, 1.807) is 72.4 Å². The van der Waals surface area contributed by atoms with Crippen molar-refractivity contribution in [1.82, 2.24) is 65.4 Å². The number of hydrogen-bond donors (Lipinski definition) is 5. The van der Waals surface area contributed by atoms with Crippen molar-refractivity contribution >= 4 is 70.9 Å². The number of piperazine rings is 1. The zero-order valence-electron chi connectivity index (χ0n) is 64.7. The van der Waals surface area contributed by atoms with Gasteiger partial charge in [-0.15, -0.1) is 0 Å². The maximum absolute atomic E-state index is 15.3. The van der Waals surface area contributed by atoms with Crippen molar-refractivity contribution in [3.8, 4) is 0 Å². The van der Waals surface area contributed by atoms with E-state index >= 15 is 28.8 Å². The highest BCUT2D eigenvalue weighted by Gasteiger charge is 2.47. The SMILES string of the molecule is C/C=C/C[C@@H](C)[C@@H](O)[C@H]1C(=O)N[C@@H](CC)C(=O)N(C)[C@H](C)C(=O)N(C)[C@@H]([C@H](C)COCC(=O)N2CCN(CCC(F)(F)F)CC2)C(=O)N[C@@H](C(C)C)C(=O)N(C)[C@@H](CC(C)C)C(=O)N[C@@H](C)C(=O)N[C@H](C)C(=O)N(C)[C@@H](CC(C)C)C(=O)N(C)[C@@H](CC(C)C)C(=O)N(C)[C@@H](C(C)C)C(=O)N1C. The molecule has 27 nitrogen and oxygen atoms in total. The molecule has 12 amide bonds. The summed E-state index contributed by atoms with van der Waals surface area (Å²) in [5.74, 6) is -12.5. The number of allylic oxidation sites excluding steroid dienone is 2. The van der Waals surface area contributed by atoms with Gasteiger partial charge >= 0.3 is 6.18 Å². The lowest BCUT2D eigenvalue weighted by Gasteiger charge is -2.41. The number of carbonyl (C=O) groups excluding carboxylic acids is 12. The van der Waals surface area contributed by atoms with Gasteiger partial charge in [0.05, 0.1) is 19.1 Å². The van der Waals surface area contributed by atoms with E-state index in [1.165, 1.54) is 89.7 Å². The summed E-state index contributed by atoms with van der Waals surface area (Å²) in [5, 5.41) is 23.1. The minimum absolute atomic E-state index is 0.0694. The Morgan fingerprint density at radius 2 is 1.00 bits per heavy atom. The largest absolute Gasteiger partial charge is 0.390 e. The molecular weight excluding hydrogens is 1320 g/mol. The van der Waals surface area contributed by atoms with Crippen LogP contribution in [0.15, 0.2) is 12.2 Å². The third kappa shape index (κ3) is 25.8.